The molecule has 1 aromatic heterocycles. The van der Waals surface area contributed by atoms with Crippen LogP contribution in [0, 0.1) is 0 Å². The summed E-state index contributed by atoms with van der Waals surface area (Å²) in [5.41, 5.74) is -0.761. The van der Waals surface area contributed by atoms with Crippen LogP contribution < -0.4 is 5.14 Å². The van der Waals surface area contributed by atoms with Gasteiger partial charge in [0, 0.05) is 11.6 Å². The predicted molar refractivity (Wildman–Crippen MR) is 52.5 cm³/mol. The normalized spacial score (nSPS) is 12.3. The number of nitrogens with two attached hydrogens (primary N) is 1. The fraction of sp³-hybridized carbons (Fsp3) is 0.429. The van der Waals surface area contributed by atoms with E-state index >= 15 is 0 Å². The molecule has 0 radical (unpaired) electrons. The van der Waals surface area contributed by atoms with Crippen molar-refractivity contribution in [1.29, 1.82) is 0 Å². The summed E-state index contributed by atoms with van der Waals surface area (Å²) in [7, 11) is -3.82. The van der Waals surface area contributed by atoms with Gasteiger partial charge in [-0.2, -0.15) is 0 Å². The Bertz CT molecular complexity index is 404. The quantitative estimate of drug-likeness (QED) is 0.669. The summed E-state index contributed by atoms with van der Waals surface area (Å²) in [5, 5.41) is 13.9. The fourth-order valence-corrected chi connectivity index (χ4v) is 1.26. The molecule has 0 amide bonds. The number of sulfonamides is 1. The number of primary sulfonamides is 1. The fourth-order valence-electron chi connectivity index (χ4n) is 0.787. The van der Waals surface area contributed by atoms with Crippen LogP contribution in [0.2, 0.25) is 0 Å². The molecule has 0 aliphatic carbocycles. The Balaban J connectivity index is 0.00000169. The van der Waals surface area contributed by atoms with Gasteiger partial charge in [0.2, 0.25) is 5.09 Å². The van der Waals surface area contributed by atoms with Crippen molar-refractivity contribution >= 4 is 39.6 Å². The molecule has 0 unspecified atom stereocenters. The third-order valence-corrected chi connectivity index (χ3v) is 2.34. The number of hydrogen-bond acceptors (Lipinski definition) is 4. The van der Waals surface area contributed by atoms with Crippen LogP contribution >= 0.6 is 0 Å². The van der Waals surface area contributed by atoms with Crippen LogP contribution in [-0.2, 0) is 15.6 Å². The first-order valence-corrected chi connectivity index (χ1v) is 5.10. The van der Waals surface area contributed by atoms with E-state index in [0.29, 0.717) is 5.56 Å². The van der Waals surface area contributed by atoms with Crippen LogP contribution in [0.5, 0.6) is 0 Å². The third kappa shape index (κ3) is 3.38. The second-order valence-electron chi connectivity index (χ2n) is 3.26. The van der Waals surface area contributed by atoms with E-state index in [2.05, 4.69) is 4.42 Å². The molecular weight excluding hydrogens is 217 g/mol. The van der Waals surface area contributed by atoms with Crippen molar-refractivity contribution in [1.82, 2.24) is 0 Å². The summed E-state index contributed by atoms with van der Waals surface area (Å²) in [6, 6.07) is 1.20. The number of furan rings is 1. The Labute approximate surface area is 105 Å². The number of hydrogen-bond donors (Lipinski definition) is 2. The van der Waals surface area contributed by atoms with Crippen LogP contribution in [0.4, 0.5) is 0 Å². The molecule has 7 heteroatoms. The van der Waals surface area contributed by atoms with Crippen LogP contribution in [-0.4, -0.2) is 43.1 Å². The number of rotatable bonds is 2. The van der Waals surface area contributed by atoms with Gasteiger partial charge >= 0.3 is 29.6 Å². The van der Waals surface area contributed by atoms with Crippen LogP contribution in [0.25, 0.3) is 0 Å². The monoisotopic (exact) mass is 229 g/mol. The molecule has 1 aromatic rings. The molecule has 0 spiro atoms. The Morgan fingerprint density at radius 2 is 2.00 bits per heavy atom. The second-order valence-corrected chi connectivity index (χ2v) is 4.75. The van der Waals surface area contributed by atoms with Crippen molar-refractivity contribution in [3.05, 3.63) is 17.9 Å². The maximum absolute atomic E-state index is 10.8. The van der Waals surface area contributed by atoms with Crippen molar-refractivity contribution in [3.8, 4) is 0 Å². The molecule has 5 nitrogen and oxygen atoms in total. The van der Waals surface area contributed by atoms with E-state index in [1.54, 1.807) is 0 Å². The molecule has 3 N–H and O–H groups in total. The molecular formula is C7H12NNaO4S. The molecule has 0 atom stereocenters. The van der Waals surface area contributed by atoms with Gasteiger partial charge < -0.3 is 9.52 Å². The summed E-state index contributed by atoms with van der Waals surface area (Å²) < 4.78 is 26.2. The Kier molecular flexibility index (Phi) is 4.39. The summed E-state index contributed by atoms with van der Waals surface area (Å²) in [6.07, 6.45) is 1.17. The zero-order valence-electron chi connectivity index (χ0n) is 7.31. The van der Waals surface area contributed by atoms with Crippen LogP contribution in [0.15, 0.2) is 21.8 Å². The van der Waals surface area contributed by atoms with Crippen molar-refractivity contribution in [2.45, 2.75) is 24.5 Å². The van der Waals surface area contributed by atoms with Gasteiger partial charge in [0.1, 0.15) is 0 Å². The van der Waals surface area contributed by atoms with Crippen LogP contribution in [0.1, 0.15) is 19.4 Å². The first kappa shape index (κ1) is 14.2. The van der Waals surface area contributed by atoms with Gasteiger partial charge in [0.05, 0.1) is 11.9 Å². The van der Waals surface area contributed by atoms with E-state index in [-0.39, 0.29) is 34.6 Å². The van der Waals surface area contributed by atoms with Gasteiger partial charge in [0.15, 0.2) is 0 Å². The van der Waals surface area contributed by atoms with Crippen LogP contribution in [0.3, 0.4) is 0 Å². The summed E-state index contributed by atoms with van der Waals surface area (Å²) in [4.78, 5) is 0. The average molecular weight is 229 g/mol. The molecule has 14 heavy (non-hydrogen) atoms. The standard InChI is InChI=1S/C7H11NO4S.Na.H/c1-7(2,9)5-3-6(12-4-5)13(8,10)11;;/h3-4,9H,1-2H3,(H2,8,10,11);;. The van der Waals surface area contributed by atoms with Crippen molar-refractivity contribution < 1.29 is 17.9 Å². The maximum atomic E-state index is 10.8. The zero-order valence-corrected chi connectivity index (χ0v) is 8.13. The molecule has 0 fully saturated rings. The SMILES string of the molecule is CC(C)(O)c1coc(S(N)(=O)=O)c1.[NaH]. The minimum atomic E-state index is -3.82. The van der Waals surface area contributed by atoms with E-state index in [1.165, 1.54) is 26.2 Å². The third-order valence-electron chi connectivity index (χ3n) is 1.56. The van der Waals surface area contributed by atoms with Crippen molar-refractivity contribution in [2.75, 3.05) is 0 Å². The zero-order chi connectivity index (χ0) is 10.3. The summed E-state index contributed by atoms with van der Waals surface area (Å²) in [6.45, 7) is 3.04. The Morgan fingerprint density at radius 3 is 2.21 bits per heavy atom. The molecule has 1 rings (SSSR count). The van der Waals surface area contributed by atoms with E-state index in [0.717, 1.165) is 0 Å². The van der Waals surface area contributed by atoms with Gasteiger partial charge in [-0.15, -0.1) is 0 Å². The van der Waals surface area contributed by atoms with Gasteiger partial charge in [-0.25, -0.2) is 13.6 Å². The topological polar surface area (TPSA) is 93.5 Å². The van der Waals surface area contributed by atoms with Crippen molar-refractivity contribution in [3.63, 3.8) is 0 Å². The summed E-state index contributed by atoms with van der Waals surface area (Å²) in [5.74, 6) is 0. The molecule has 0 saturated carbocycles. The minimum absolute atomic E-state index is 0. The van der Waals surface area contributed by atoms with E-state index < -0.39 is 15.6 Å². The van der Waals surface area contributed by atoms with Gasteiger partial charge in [-0.05, 0) is 13.8 Å². The summed E-state index contributed by atoms with van der Waals surface area (Å²) >= 11 is 0. The first-order chi connectivity index (χ1) is 5.71. The molecule has 76 valence electrons. The molecule has 0 aromatic carbocycles. The molecule has 0 bridgehead atoms. The Hall–Kier alpha value is 0.150. The van der Waals surface area contributed by atoms with Gasteiger partial charge in [-0.3, -0.25) is 0 Å². The van der Waals surface area contributed by atoms with E-state index in [9.17, 15) is 13.5 Å². The second kappa shape index (κ2) is 4.34. The van der Waals surface area contributed by atoms with Gasteiger partial charge in [0.25, 0.3) is 10.0 Å². The van der Waals surface area contributed by atoms with Gasteiger partial charge in [-0.1, -0.05) is 0 Å². The molecule has 0 aliphatic heterocycles. The Morgan fingerprint density at radius 1 is 1.50 bits per heavy atom. The molecule has 0 saturated heterocycles. The predicted octanol–water partition coefficient (Wildman–Crippen LogP) is -0.494. The average Bonchev–Trinajstić information content (AvgIpc) is 2.28. The molecule has 0 aliphatic rings. The number of aliphatic hydroxyl groups is 1. The van der Waals surface area contributed by atoms with E-state index in [4.69, 9.17) is 5.14 Å². The molecule has 1 heterocycles. The van der Waals surface area contributed by atoms with E-state index in [1.807, 2.05) is 0 Å². The first-order valence-electron chi connectivity index (χ1n) is 3.55. The van der Waals surface area contributed by atoms with Crippen molar-refractivity contribution in [2.24, 2.45) is 5.14 Å².